The number of aromatic nitrogens is 4. The molecule has 0 amide bonds. The SMILES string of the molecule is COc1cc(-c2cnc(Nc3ccccc3C)c3[nH]nc(N)c23)ccn1. The van der Waals surface area contributed by atoms with Crippen LogP contribution in [0.15, 0.2) is 48.8 Å². The standard InChI is InChI=1S/C19H18N6O/c1-11-5-3-4-6-14(11)23-19-17-16(18(20)25-24-17)13(10-22-19)12-7-8-21-15(9-12)26-2/h3-10H,1-2H3,(H,22,23)(H3,20,24,25). The van der Waals surface area contributed by atoms with Crippen molar-refractivity contribution in [1.29, 1.82) is 0 Å². The summed E-state index contributed by atoms with van der Waals surface area (Å²) in [5.74, 6) is 1.61. The number of nitrogens with one attached hydrogen (secondary N) is 2. The van der Waals surface area contributed by atoms with E-state index < -0.39 is 0 Å². The Hall–Kier alpha value is -3.61. The number of aryl methyl sites for hydroxylation is 1. The van der Waals surface area contributed by atoms with Crippen LogP contribution < -0.4 is 15.8 Å². The maximum Gasteiger partial charge on any atom is 0.213 e. The van der Waals surface area contributed by atoms with Gasteiger partial charge in [-0.25, -0.2) is 9.97 Å². The van der Waals surface area contributed by atoms with E-state index in [2.05, 4.69) is 25.5 Å². The van der Waals surface area contributed by atoms with Gasteiger partial charge in [0.25, 0.3) is 0 Å². The van der Waals surface area contributed by atoms with Crippen LogP contribution in [-0.4, -0.2) is 27.3 Å². The number of fused-ring (bicyclic) bond motifs is 1. The van der Waals surface area contributed by atoms with Crippen LogP contribution in [0.3, 0.4) is 0 Å². The first-order valence-corrected chi connectivity index (χ1v) is 8.13. The molecule has 130 valence electrons. The van der Waals surface area contributed by atoms with E-state index >= 15 is 0 Å². The fraction of sp³-hybridized carbons (Fsp3) is 0.105. The van der Waals surface area contributed by atoms with Crippen molar-refractivity contribution in [3.05, 3.63) is 54.4 Å². The average molecular weight is 346 g/mol. The smallest absolute Gasteiger partial charge is 0.213 e. The Labute approximate surface area is 150 Å². The van der Waals surface area contributed by atoms with Crippen molar-refractivity contribution < 1.29 is 4.74 Å². The van der Waals surface area contributed by atoms with Gasteiger partial charge in [-0.15, -0.1) is 0 Å². The number of H-pyrrole nitrogens is 1. The van der Waals surface area contributed by atoms with Gasteiger partial charge >= 0.3 is 0 Å². The molecule has 3 heterocycles. The Morgan fingerprint density at radius 3 is 2.81 bits per heavy atom. The molecule has 0 aliphatic carbocycles. The van der Waals surface area contributed by atoms with Crippen LogP contribution in [0.25, 0.3) is 22.0 Å². The number of nitrogens with zero attached hydrogens (tertiary/aromatic N) is 3. The zero-order valence-electron chi connectivity index (χ0n) is 14.4. The van der Waals surface area contributed by atoms with Crippen molar-refractivity contribution in [2.75, 3.05) is 18.2 Å². The monoisotopic (exact) mass is 346 g/mol. The number of anilines is 3. The highest BCUT2D eigenvalue weighted by molar-refractivity contribution is 6.06. The minimum atomic E-state index is 0.418. The Kier molecular flexibility index (Phi) is 3.89. The first kappa shape index (κ1) is 15.9. The highest BCUT2D eigenvalue weighted by Gasteiger charge is 2.16. The Morgan fingerprint density at radius 1 is 1.15 bits per heavy atom. The predicted octanol–water partition coefficient (Wildman–Crippen LogP) is 3.66. The molecule has 0 unspecified atom stereocenters. The summed E-state index contributed by atoms with van der Waals surface area (Å²) in [7, 11) is 1.58. The van der Waals surface area contributed by atoms with Crippen LogP contribution in [0, 0.1) is 6.92 Å². The van der Waals surface area contributed by atoms with E-state index in [9.17, 15) is 0 Å². The van der Waals surface area contributed by atoms with Gasteiger partial charge in [-0.3, -0.25) is 5.10 Å². The van der Waals surface area contributed by atoms with Gasteiger partial charge in [-0.2, -0.15) is 5.10 Å². The molecule has 4 rings (SSSR count). The van der Waals surface area contributed by atoms with E-state index in [1.807, 2.05) is 43.3 Å². The normalized spacial score (nSPS) is 10.8. The molecule has 0 bridgehead atoms. The second-order valence-electron chi connectivity index (χ2n) is 5.91. The van der Waals surface area contributed by atoms with E-state index in [1.165, 1.54) is 0 Å². The molecule has 0 atom stereocenters. The average Bonchev–Trinajstić information content (AvgIpc) is 3.06. The molecule has 0 aliphatic heterocycles. The van der Waals surface area contributed by atoms with Crippen molar-refractivity contribution in [2.45, 2.75) is 6.92 Å². The van der Waals surface area contributed by atoms with E-state index in [0.29, 0.717) is 17.5 Å². The van der Waals surface area contributed by atoms with Gasteiger partial charge in [0, 0.05) is 29.7 Å². The van der Waals surface area contributed by atoms with E-state index in [1.54, 1.807) is 19.5 Å². The minimum absolute atomic E-state index is 0.418. The number of rotatable bonds is 4. The van der Waals surface area contributed by atoms with Crippen LogP contribution in [0.2, 0.25) is 0 Å². The number of ether oxygens (including phenoxy) is 1. The highest BCUT2D eigenvalue weighted by Crippen LogP contribution is 2.35. The van der Waals surface area contributed by atoms with Gasteiger partial charge in [0.15, 0.2) is 11.6 Å². The number of benzene rings is 1. The molecule has 0 aliphatic rings. The number of hydrogen-bond acceptors (Lipinski definition) is 6. The van der Waals surface area contributed by atoms with Crippen LogP contribution in [0.5, 0.6) is 5.88 Å². The third kappa shape index (κ3) is 2.69. The lowest BCUT2D eigenvalue weighted by molar-refractivity contribution is 0.398. The summed E-state index contributed by atoms with van der Waals surface area (Å²) < 4.78 is 5.22. The molecular formula is C19H18N6O. The molecule has 7 heteroatoms. The lowest BCUT2D eigenvalue weighted by atomic mass is 10.0. The molecule has 26 heavy (non-hydrogen) atoms. The largest absolute Gasteiger partial charge is 0.481 e. The van der Waals surface area contributed by atoms with Crippen molar-refractivity contribution in [3.63, 3.8) is 0 Å². The number of methoxy groups -OCH3 is 1. The predicted molar refractivity (Wildman–Crippen MR) is 103 cm³/mol. The first-order valence-electron chi connectivity index (χ1n) is 8.13. The highest BCUT2D eigenvalue weighted by atomic mass is 16.5. The van der Waals surface area contributed by atoms with Crippen LogP contribution in [-0.2, 0) is 0 Å². The van der Waals surface area contributed by atoms with Crippen molar-refractivity contribution in [3.8, 4) is 17.0 Å². The lowest BCUT2D eigenvalue weighted by Crippen LogP contribution is -1.98. The summed E-state index contributed by atoms with van der Waals surface area (Å²) in [6, 6.07) is 11.8. The van der Waals surface area contributed by atoms with Gasteiger partial charge in [0.1, 0.15) is 5.52 Å². The molecular weight excluding hydrogens is 328 g/mol. The van der Waals surface area contributed by atoms with Crippen LogP contribution >= 0.6 is 0 Å². The van der Waals surface area contributed by atoms with Gasteiger partial charge in [-0.05, 0) is 30.2 Å². The number of para-hydroxylation sites is 1. The van der Waals surface area contributed by atoms with Gasteiger partial charge in [0.2, 0.25) is 5.88 Å². The Bertz CT molecular complexity index is 1090. The van der Waals surface area contributed by atoms with E-state index in [-0.39, 0.29) is 0 Å². The van der Waals surface area contributed by atoms with Gasteiger partial charge in [-0.1, -0.05) is 18.2 Å². The molecule has 0 fully saturated rings. The summed E-state index contributed by atoms with van der Waals surface area (Å²) in [4.78, 5) is 8.74. The van der Waals surface area contributed by atoms with E-state index in [0.717, 1.165) is 33.3 Å². The van der Waals surface area contributed by atoms with Crippen molar-refractivity contribution in [1.82, 2.24) is 20.2 Å². The third-order valence-electron chi connectivity index (χ3n) is 4.28. The molecule has 0 spiro atoms. The number of nitrogens with two attached hydrogens (primary N) is 1. The maximum atomic E-state index is 6.13. The first-order chi connectivity index (χ1) is 12.7. The van der Waals surface area contributed by atoms with Crippen LogP contribution in [0.4, 0.5) is 17.3 Å². The second kappa shape index (κ2) is 6.36. The quantitative estimate of drug-likeness (QED) is 0.521. The molecule has 0 saturated carbocycles. The fourth-order valence-electron chi connectivity index (χ4n) is 2.90. The second-order valence-corrected chi connectivity index (χ2v) is 5.91. The van der Waals surface area contributed by atoms with Crippen molar-refractivity contribution >= 4 is 28.2 Å². The summed E-state index contributed by atoms with van der Waals surface area (Å²) in [5.41, 5.74) is 10.8. The summed E-state index contributed by atoms with van der Waals surface area (Å²) in [6.07, 6.45) is 3.47. The maximum absolute atomic E-state index is 6.13. The number of pyridine rings is 2. The van der Waals surface area contributed by atoms with Crippen LogP contribution in [0.1, 0.15) is 5.56 Å². The number of nitrogen functional groups attached to an aromatic ring is 1. The summed E-state index contributed by atoms with van der Waals surface area (Å²) in [5, 5.41) is 11.3. The zero-order chi connectivity index (χ0) is 18.1. The number of hydrogen-bond donors (Lipinski definition) is 3. The lowest BCUT2D eigenvalue weighted by Gasteiger charge is -2.11. The summed E-state index contributed by atoms with van der Waals surface area (Å²) in [6.45, 7) is 2.04. The topological polar surface area (TPSA) is 102 Å². The summed E-state index contributed by atoms with van der Waals surface area (Å²) >= 11 is 0. The Balaban J connectivity index is 1.85. The van der Waals surface area contributed by atoms with Gasteiger partial charge < -0.3 is 15.8 Å². The molecule has 0 radical (unpaired) electrons. The molecule has 7 nitrogen and oxygen atoms in total. The third-order valence-corrected chi connectivity index (χ3v) is 4.28. The van der Waals surface area contributed by atoms with Crippen molar-refractivity contribution in [2.24, 2.45) is 0 Å². The number of aromatic amines is 1. The molecule has 4 N–H and O–H groups in total. The molecule has 1 aromatic carbocycles. The minimum Gasteiger partial charge on any atom is -0.481 e. The van der Waals surface area contributed by atoms with Gasteiger partial charge in [0.05, 0.1) is 12.5 Å². The zero-order valence-corrected chi connectivity index (χ0v) is 14.4. The van der Waals surface area contributed by atoms with E-state index in [4.69, 9.17) is 10.5 Å². The molecule has 3 aromatic heterocycles. The fourth-order valence-corrected chi connectivity index (χ4v) is 2.90. The Morgan fingerprint density at radius 2 is 2.00 bits per heavy atom. The molecule has 4 aromatic rings. The molecule has 0 saturated heterocycles.